The van der Waals surface area contributed by atoms with Crippen molar-refractivity contribution in [1.82, 2.24) is 4.57 Å². The van der Waals surface area contributed by atoms with E-state index in [-0.39, 0.29) is 0 Å². The van der Waals surface area contributed by atoms with E-state index in [0.717, 1.165) is 17.3 Å². The molecule has 0 N–H and O–H groups in total. The summed E-state index contributed by atoms with van der Waals surface area (Å²) in [4.78, 5) is 0. The van der Waals surface area contributed by atoms with Gasteiger partial charge in [0.25, 0.3) is 0 Å². The molecule has 2 aromatic carbocycles. The van der Waals surface area contributed by atoms with Crippen LogP contribution >= 0.6 is 11.6 Å². The largest absolute Gasteiger partial charge is 0.487 e. The van der Waals surface area contributed by atoms with Gasteiger partial charge in [0.1, 0.15) is 12.4 Å². The van der Waals surface area contributed by atoms with Crippen LogP contribution in [0.25, 0.3) is 10.9 Å². The summed E-state index contributed by atoms with van der Waals surface area (Å²) in [5, 5.41) is 1.98. The fourth-order valence-corrected chi connectivity index (χ4v) is 2.57. The normalized spacial score (nSPS) is 10.9. The number of aromatic nitrogens is 1. The number of rotatable bonds is 4. The molecule has 3 rings (SSSR count). The Labute approximate surface area is 123 Å². The van der Waals surface area contributed by atoms with Gasteiger partial charge in [-0.3, -0.25) is 0 Å². The minimum Gasteiger partial charge on any atom is -0.487 e. The number of fused-ring (bicyclic) bond motifs is 1. The van der Waals surface area contributed by atoms with Gasteiger partial charge in [-0.25, -0.2) is 0 Å². The second-order valence-electron chi connectivity index (χ2n) is 4.68. The number of hydrogen-bond donors (Lipinski definition) is 0. The van der Waals surface area contributed by atoms with Gasteiger partial charge in [-0.15, -0.1) is 0 Å². The van der Waals surface area contributed by atoms with Crippen molar-refractivity contribution in [2.75, 3.05) is 0 Å². The standard InChI is InChI=1S/C17H16ClNO/c1-2-19-15(11-13-5-3-4-6-17(13)19)12-20-16-9-7-14(18)8-10-16/h3-11H,2,12H2,1H3. The van der Waals surface area contributed by atoms with E-state index in [0.29, 0.717) is 6.61 Å². The number of halogens is 1. The molecule has 0 saturated heterocycles. The van der Waals surface area contributed by atoms with Crippen molar-refractivity contribution in [3.63, 3.8) is 0 Å². The molecule has 0 bridgehead atoms. The van der Waals surface area contributed by atoms with Crippen molar-refractivity contribution in [2.24, 2.45) is 0 Å². The van der Waals surface area contributed by atoms with Crippen molar-refractivity contribution in [1.29, 1.82) is 0 Å². The SMILES string of the molecule is CCn1c(COc2ccc(Cl)cc2)cc2ccccc21. The van der Waals surface area contributed by atoms with E-state index in [1.807, 2.05) is 24.3 Å². The molecule has 20 heavy (non-hydrogen) atoms. The number of hydrogen-bond acceptors (Lipinski definition) is 1. The van der Waals surface area contributed by atoms with Gasteiger partial charge < -0.3 is 9.30 Å². The van der Waals surface area contributed by atoms with Crippen molar-refractivity contribution in [3.8, 4) is 5.75 Å². The lowest BCUT2D eigenvalue weighted by molar-refractivity contribution is 0.296. The van der Waals surface area contributed by atoms with Crippen LogP contribution < -0.4 is 4.74 Å². The molecule has 3 heteroatoms. The van der Waals surface area contributed by atoms with Crippen LogP contribution in [0.2, 0.25) is 5.02 Å². The average Bonchev–Trinajstić information content (AvgIpc) is 2.84. The highest BCUT2D eigenvalue weighted by molar-refractivity contribution is 6.30. The van der Waals surface area contributed by atoms with E-state index in [9.17, 15) is 0 Å². The predicted molar refractivity (Wildman–Crippen MR) is 83.4 cm³/mol. The first-order valence-electron chi connectivity index (χ1n) is 6.73. The number of benzene rings is 2. The Morgan fingerprint density at radius 2 is 1.80 bits per heavy atom. The molecule has 1 heterocycles. The second kappa shape index (κ2) is 5.59. The number of para-hydroxylation sites is 1. The highest BCUT2D eigenvalue weighted by atomic mass is 35.5. The smallest absolute Gasteiger partial charge is 0.128 e. The third-order valence-electron chi connectivity index (χ3n) is 3.41. The van der Waals surface area contributed by atoms with Crippen LogP contribution in [-0.2, 0) is 13.2 Å². The quantitative estimate of drug-likeness (QED) is 0.665. The summed E-state index contributed by atoms with van der Waals surface area (Å²) >= 11 is 5.87. The van der Waals surface area contributed by atoms with Crippen LogP contribution in [0.3, 0.4) is 0 Å². The molecule has 0 atom stereocenters. The maximum absolute atomic E-state index is 5.87. The van der Waals surface area contributed by atoms with Crippen LogP contribution in [-0.4, -0.2) is 4.57 Å². The summed E-state index contributed by atoms with van der Waals surface area (Å²) in [6.07, 6.45) is 0. The highest BCUT2D eigenvalue weighted by Crippen LogP contribution is 2.22. The molecule has 0 fully saturated rings. The second-order valence-corrected chi connectivity index (χ2v) is 5.12. The zero-order chi connectivity index (χ0) is 13.9. The van der Waals surface area contributed by atoms with Gasteiger partial charge in [-0.1, -0.05) is 29.8 Å². The molecule has 0 aliphatic rings. The Kier molecular flexibility index (Phi) is 3.66. The maximum atomic E-state index is 5.87. The van der Waals surface area contributed by atoms with Gasteiger partial charge in [-0.05, 0) is 48.7 Å². The molecule has 0 aliphatic heterocycles. The molecule has 0 unspecified atom stereocenters. The minimum absolute atomic E-state index is 0.560. The molecule has 0 amide bonds. The van der Waals surface area contributed by atoms with Crippen LogP contribution in [0.4, 0.5) is 0 Å². The minimum atomic E-state index is 0.560. The van der Waals surface area contributed by atoms with E-state index in [2.05, 4.69) is 41.8 Å². The summed E-state index contributed by atoms with van der Waals surface area (Å²) in [5.41, 5.74) is 2.44. The zero-order valence-corrected chi connectivity index (χ0v) is 12.1. The molecule has 3 aromatic rings. The Hall–Kier alpha value is -1.93. The third kappa shape index (κ3) is 2.52. The molecule has 2 nitrogen and oxygen atoms in total. The third-order valence-corrected chi connectivity index (χ3v) is 3.66. The topological polar surface area (TPSA) is 14.2 Å². The van der Waals surface area contributed by atoms with Crippen molar-refractivity contribution in [2.45, 2.75) is 20.1 Å². The van der Waals surface area contributed by atoms with Crippen LogP contribution in [0.15, 0.2) is 54.6 Å². The van der Waals surface area contributed by atoms with Crippen molar-refractivity contribution in [3.05, 3.63) is 65.3 Å². The van der Waals surface area contributed by atoms with Gasteiger partial charge in [0.15, 0.2) is 0 Å². The molecule has 1 aromatic heterocycles. The van der Waals surface area contributed by atoms with E-state index < -0.39 is 0 Å². The van der Waals surface area contributed by atoms with Crippen LogP contribution in [0.1, 0.15) is 12.6 Å². The molecular formula is C17H16ClNO. The van der Waals surface area contributed by atoms with E-state index in [1.54, 1.807) is 0 Å². The lowest BCUT2D eigenvalue weighted by Crippen LogP contribution is -2.04. The van der Waals surface area contributed by atoms with Crippen molar-refractivity contribution >= 4 is 22.5 Å². The Morgan fingerprint density at radius 1 is 1.05 bits per heavy atom. The molecule has 0 radical (unpaired) electrons. The van der Waals surface area contributed by atoms with Crippen LogP contribution in [0.5, 0.6) is 5.75 Å². The fourth-order valence-electron chi connectivity index (χ4n) is 2.45. The summed E-state index contributed by atoms with van der Waals surface area (Å²) < 4.78 is 8.12. The molecule has 0 saturated carbocycles. The molecule has 0 aliphatic carbocycles. The Bertz CT molecular complexity index is 715. The number of nitrogens with zero attached hydrogens (tertiary/aromatic N) is 1. The molecule has 102 valence electrons. The lowest BCUT2D eigenvalue weighted by atomic mass is 10.2. The highest BCUT2D eigenvalue weighted by Gasteiger charge is 2.07. The van der Waals surface area contributed by atoms with Gasteiger partial charge in [0.05, 0.1) is 5.69 Å². The zero-order valence-electron chi connectivity index (χ0n) is 11.3. The first-order chi connectivity index (χ1) is 9.78. The van der Waals surface area contributed by atoms with Gasteiger partial charge in [0.2, 0.25) is 0 Å². The number of ether oxygens (including phenoxy) is 1. The summed E-state index contributed by atoms with van der Waals surface area (Å²) in [6, 6.07) is 18.1. The monoisotopic (exact) mass is 285 g/mol. The Morgan fingerprint density at radius 3 is 2.55 bits per heavy atom. The number of aryl methyl sites for hydroxylation is 1. The fraction of sp³-hybridized carbons (Fsp3) is 0.176. The van der Waals surface area contributed by atoms with Gasteiger partial charge >= 0.3 is 0 Å². The van der Waals surface area contributed by atoms with E-state index >= 15 is 0 Å². The summed E-state index contributed by atoms with van der Waals surface area (Å²) in [7, 11) is 0. The van der Waals surface area contributed by atoms with Crippen LogP contribution in [0, 0.1) is 0 Å². The van der Waals surface area contributed by atoms with Gasteiger partial charge in [0, 0.05) is 17.1 Å². The maximum Gasteiger partial charge on any atom is 0.128 e. The van der Waals surface area contributed by atoms with Crippen molar-refractivity contribution < 1.29 is 4.74 Å². The first kappa shape index (κ1) is 13.1. The van der Waals surface area contributed by atoms with E-state index in [4.69, 9.17) is 16.3 Å². The van der Waals surface area contributed by atoms with E-state index in [1.165, 1.54) is 16.6 Å². The average molecular weight is 286 g/mol. The Balaban J connectivity index is 1.85. The molecular weight excluding hydrogens is 270 g/mol. The first-order valence-corrected chi connectivity index (χ1v) is 7.11. The summed E-state index contributed by atoms with van der Waals surface area (Å²) in [6.45, 7) is 3.65. The van der Waals surface area contributed by atoms with Gasteiger partial charge in [-0.2, -0.15) is 0 Å². The molecule has 0 spiro atoms. The summed E-state index contributed by atoms with van der Waals surface area (Å²) in [5.74, 6) is 0.835. The lowest BCUT2D eigenvalue weighted by Gasteiger charge is -2.09. The predicted octanol–water partition coefficient (Wildman–Crippen LogP) is 4.89.